The van der Waals surface area contributed by atoms with Crippen LogP contribution in [-0.2, 0) is 20.8 Å². The van der Waals surface area contributed by atoms with Gasteiger partial charge in [-0.3, -0.25) is 19.3 Å². The van der Waals surface area contributed by atoms with E-state index in [4.69, 9.17) is 0 Å². The quantitative estimate of drug-likeness (QED) is 0.512. The predicted octanol–water partition coefficient (Wildman–Crippen LogP) is 2.95. The van der Waals surface area contributed by atoms with E-state index in [2.05, 4.69) is 5.32 Å². The first-order valence-electron chi connectivity index (χ1n) is 12.5. The standard InChI is InChI=1S/C29H34N4O4/c1-19(2)27-29(37)32(24(22-13-9-6-10-14-22)17-33(27)28(36)20(3)4)18-26(35)31-23(25(34)16-30)15-21-11-7-5-8-12-21/h5-14,17,19-20,23,25,27,34H,15,18H2,1-4H3,(H,31,35)/t23-,25?,27?/m0/s1. The fourth-order valence-electron chi connectivity index (χ4n) is 4.38. The van der Waals surface area contributed by atoms with Crippen LogP contribution >= 0.6 is 0 Å². The van der Waals surface area contributed by atoms with Crippen LogP contribution in [0.25, 0.3) is 5.70 Å². The summed E-state index contributed by atoms with van der Waals surface area (Å²) in [6.45, 7) is 6.97. The molecule has 3 rings (SSSR count). The summed E-state index contributed by atoms with van der Waals surface area (Å²) in [5.74, 6) is -1.56. The maximum atomic E-state index is 13.8. The average Bonchev–Trinajstić information content (AvgIpc) is 2.89. The molecule has 2 aromatic carbocycles. The molecule has 1 aliphatic rings. The van der Waals surface area contributed by atoms with Gasteiger partial charge in [0.05, 0.1) is 17.8 Å². The molecule has 3 atom stereocenters. The van der Waals surface area contributed by atoms with Crippen molar-refractivity contribution < 1.29 is 19.5 Å². The van der Waals surface area contributed by atoms with Crippen molar-refractivity contribution in [3.05, 3.63) is 78.0 Å². The van der Waals surface area contributed by atoms with Crippen molar-refractivity contribution in [2.75, 3.05) is 6.54 Å². The Balaban J connectivity index is 1.94. The lowest BCUT2D eigenvalue weighted by atomic mass is 9.95. The summed E-state index contributed by atoms with van der Waals surface area (Å²) in [6.07, 6.45) is 0.484. The monoisotopic (exact) mass is 502 g/mol. The number of nitrogens with zero attached hydrogens (tertiary/aromatic N) is 3. The zero-order valence-corrected chi connectivity index (χ0v) is 21.7. The molecule has 0 saturated carbocycles. The Hall–Kier alpha value is -3.96. The van der Waals surface area contributed by atoms with Gasteiger partial charge in [-0.05, 0) is 23.5 Å². The minimum absolute atomic E-state index is 0.176. The molecule has 1 heterocycles. The Morgan fingerprint density at radius 3 is 2.16 bits per heavy atom. The average molecular weight is 503 g/mol. The van der Waals surface area contributed by atoms with Gasteiger partial charge in [0.2, 0.25) is 11.8 Å². The second kappa shape index (κ2) is 12.3. The summed E-state index contributed by atoms with van der Waals surface area (Å²) in [4.78, 5) is 43.0. The van der Waals surface area contributed by atoms with Gasteiger partial charge in [-0.1, -0.05) is 88.4 Å². The summed E-state index contributed by atoms with van der Waals surface area (Å²) in [5.41, 5.74) is 1.97. The second-order valence-electron chi connectivity index (χ2n) is 9.83. The zero-order valence-electron chi connectivity index (χ0n) is 21.7. The maximum absolute atomic E-state index is 13.8. The Kier molecular flexibility index (Phi) is 9.20. The number of amides is 3. The first-order chi connectivity index (χ1) is 17.6. The number of nitriles is 1. The van der Waals surface area contributed by atoms with Gasteiger partial charge in [-0.2, -0.15) is 5.26 Å². The van der Waals surface area contributed by atoms with Crippen molar-refractivity contribution >= 4 is 23.4 Å². The molecule has 194 valence electrons. The van der Waals surface area contributed by atoms with Gasteiger partial charge in [0.25, 0.3) is 5.91 Å². The topological polar surface area (TPSA) is 114 Å². The Labute approximate surface area is 218 Å². The molecule has 0 spiro atoms. The first kappa shape index (κ1) is 27.6. The van der Waals surface area contributed by atoms with E-state index in [1.165, 1.54) is 9.80 Å². The number of nitrogens with one attached hydrogen (secondary N) is 1. The molecule has 0 aliphatic carbocycles. The molecular formula is C29H34N4O4. The molecule has 0 radical (unpaired) electrons. The van der Waals surface area contributed by atoms with Crippen LogP contribution < -0.4 is 5.32 Å². The van der Waals surface area contributed by atoms with Crippen LogP contribution in [0.15, 0.2) is 66.9 Å². The Bertz CT molecular complexity index is 1170. The van der Waals surface area contributed by atoms with Crippen molar-refractivity contribution in [3.63, 3.8) is 0 Å². The first-order valence-corrected chi connectivity index (χ1v) is 12.5. The normalized spacial score (nSPS) is 17.3. The van der Waals surface area contributed by atoms with Gasteiger partial charge in [0.15, 0.2) is 6.10 Å². The molecule has 37 heavy (non-hydrogen) atoms. The number of carbonyl (C=O) groups is 3. The fraction of sp³-hybridized carbons (Fsp3) is 0.379. The van der Waals surface area contributed by atoms with Crippen molar-refractivity contribution in [3.8, 4) is 6.07 Å². The van der Waals surface area contributed by atoms with Crippen LogP contribution in [0.2, 0.25) is 0 Å². The van der Waals surface area contributed by atoms with Crippen LogP contribution in [0.1, 0.15) is 38.8 Å². The van der Waals surface area contributed by atoms with Crippen LogP contribution in [0, 0.1) is 23.2 Å². The molecular weight excluding hydrogens is 468 g/mol. The molecule has 2 N–H and O–H groups in total. The van der Waals surface area contributed by atoms with Crippen LogP contribution in [-0.4, -0.2) is 57.4 Å². The number of carbonyl (C=O) groups excluding carboxylic acids is 3. The lowest BCUT2D eigenvalue weighted by Crippen LogP contribution is -2.57. The molecule has 8 heteroatoms. The van der Waals surface area contributed by atoms with E-state index >= 15 is 0 Å². The van der Waals surface area contributed by atoms with Crippen molar-refractivity contribution in [1.29, 1.82) is 5.26 Å². The maximum Gasteiger partial charge on any atom is 0.250 e. The Morgan fingerprint density at radius 2 is 1.62 bits per heavy atom. The molecule has 0 aromatic heterocycles. The number of hydrogen-bond donors (Lipinski definition) is 2. The van der Waals surface area contributed by atoms with E-state index in [0.717, 1.165) is 5.56 Å². The van der Waals surface area contributed by atoms with Gasteiger partial charge in [-0.15, -0.1) is 0 Å². The summed E-state index contributed by atoms with van der Waals surface area (Å²) in [6, 6.07) is 18.5. The summed E-state index contributed by atoms with van der Waals surface area (Å²) < 4.78 is 0. The van der Waals surface area contributed by atoms with Gasteiger partial charge in [-0.25, -0.2) is 0 Å². The number of aliphatic hydroxyl groups is 1. The van der Waals surface area contributed by atoms with E-state index in [1.807, 2.05) is 74.5 Å². The number of benzene rings is 2. The SMILES string of the molecule is CC(C)C(=O)N1C=C(c2ccccc2)N(CC(=O)N[C@@H](Cc2ccccc2)C(O)C#N)C(=O)C1C(C)C. The molecule has 8 nitrogen and oxygen atoms in total. The molecule has 0 saturated heterocycles. The minimum atomic E-state index is -1.42. The second-order valence-corrected chi connectivity index (χ2v) is 9.83. The molecule has 0 bridgehead atoms. The van der Waals surface area contributed by atoms with Gasteiger partial charge in [0.1, 0.15) is 12.6 Å². The van der Waals surface area contributed by atoms with E-state index in [-0.39, 0.29) is 36.6 Å². The lowest BCUT2D eigenvalue weighted by molar-refractivity contribution is -0.147. The summed E-state index contributed by atoms with van der Waals surface area (Å²) >= 11 is 0. The number of rotatable bonds is 9. The van der Waals surface area contributed by atoms with E-state index in [0.29, 0.717) is 11.3 Å². The third-order valence-electron chi connectivity index (χ3n) is 6.28. The van der Waals surface area contributed by atoms with Crippen LogP contribution in [0.3, 0.4) is 0 Å². The highest BCUT2D eigenvalue weighted by molar-refractivity contribution is 6.00. The summed E-state index contributed by atoms with van der Waals surface area (Å²) in [5, 5.41) is 22.3. The zero-order chi connectivity index (χ0) is 27.1. The minimum Gasteiger partial charge on any atom is -0.376 e. The molecule has 1 aliphatic heterocycles. The number of hydrogen-bond acceptors (Lipinski definition) is 5. The van der Waals surface area contributed by atoms with Crippen LogP contribution in [0.5, 0.6) is 0 Å². The highest BCUT2D eigenvalue weighted by Gasteiger charge is 2.41. The third-order valence-corrected chi connectivity index (χ3v) is 6.28. The van der Waals surface area contributed by atoms with Gasteiger partial charge < -0.3 is 15.3 Å². The van der Waals surface area contributed by atoms with Gasteiger partial charge in [0, 0.05) is 12.1 Å². The summed E-state index contributed by atoms with van der Waals surface area (Å²) in [7, 11) is 0. The highest BCUT2D eigenvalue weighted by atomic mass is 16.3. The van der Waals surface area contributed by atoms with Gasteiger partial charge >= 0.3 is 0 Å². The molecule has 0 fully saturated rings. The number of aliphatic hydroxyl groups excluding tert-OH is 1. The van der Waals surface area contributed by atoms with Crippen molar-refractivity contribution in [2.45, 2.75) is 52.3 Å². The van der Waals surface area contributed by atoms with E-state index < -0.39 is 24.1 Å². The predicted molar refractivity (Wildman–Crippen MR) is 140 cm³/mol. The lowest BCUT2D eigenvalue weighted by Gasteiger charge is -2.41. The van der Waals surface area contributed by atoms with Crippen molar-refractivity contribution in [1.82, 2.24) is 15.1 Å². The Morgan fingerprint density at radius 1 is 1.03 bits per heavy atom. The smallest absolute Gasteiger partial charge is 0.250 e. The van der Waals surface area contributed by atoms with Crippen LogP contribution in [0.4, 0.5) is 0 Å². The molecule has 2 aromatic rings. The molecule has 2 unspecified atom stereocenters. The van der Waals surface area contributed by atoms with E-state index in [9.17, 15) is 24.8 Å². The van der Waals surface area contributed by atoms with Crippen molar-refractivity contribution in [2.24, 2.45) is 11.8 Å². The largest absolute Gasteiger partial charge is 0.376 e. The molecule has 3 amide bonds. The highest BCUT2D eigenvalue weighted by Crippen LogP contribution is 2.30. The fourth-order valence-corrected chi connectivity index (χ4v) is 4.38. The third kappa shape index (κ3) is 6.63. The van der Waals surface area contributed by atoms with E-state index in [1.54, 1.807) is 26.1 Å².